The first-order valence-corrected chi connectivity index (χ1v) is 15.6. The lowest BCUT2D eigenvalue weighted by molar-refractivity contribution is 0.0471. The van der Waals surface area contributed by atoms with Gasteiger partial charge in [0, 0.05) is 44.9 Å². The second-order valence-electron chi connectivity index (χ2n) is 11.4. The molecule has 1 aliphatic heterocycles. The van der Waals surface area contributed by atoms with Gasteiger partial charge in [-0.2, -0.15) is 0 Å². The van der Waals surface area contributed by atoms with E-state index in [1.807, 2.05) is 83.8 Å². The molecule has 39 heavy (non-hydrogen) atoms. The Morgan fingerprint density at radius 1 is 0.821 bits per heavy atom. The summed E-state index contributed by atoms with van der Waals surface area (Å²) in [4.78, 5) is 30.1. The van der Waals surface area contributed by atoms with Crippen LogP contribution in [-0.2, 0) is 0 Å². The van der Waals surface area contributed by atoms with Gasteiger partial charge in [-0.05, 0) is 79.5 Å². The van der Waals surface area contributed by atoms with Crippen molar-refractivity contribution >= 4 is 35.1 Å². The maximum absolute atomic E-state index is 13.0. The number of likely N-dealkylation sites (tertiary alicyclic amines) is 1. The zero-order valence-corrected chi connectivity index (χ0v) is 24.3. The summed E-state index contributed by atoms with van der Waals surface area (Å²) in [5.41, 5.74) is 1.61. The van der Waals surface area contributed by atoms with E-state index in [1.165, 1.54) is 38.5 Å². The van der Waals surface area contributed by atoms with E-state index in [0.717, 1.165) is 51.4 Å². The maximum atomic E-state index is 13.0. The predicted molar refractivity (Wildman–Crippen MR) is 161 cm³/mol. The molecular weight excluding hydrogens is 522 g/mol. The molecule has 2 aliphatic rings. The molecule has 5 heteroatoms. The minimum absolute atomic E-state index is 0.0989. The lowest BCUT2D eigenvalue weighted by Crippen LogP contribution is -2.50. The first-order valence-electron chi connectivity index (χ1n) is 14.4. The van der Waals surface area contributed by atoms with E-state index in [9.17, 15) is 9.59 Å². The van der Waals surface area contributed by atoms with E-state index >= 15 is 0 Å². The Labute approximate surface area is 242 Å². The summed E-state index contributed by atoms with van der Waals surface area (Å²) < 4.78 is 0. The molecular formula is C34H38ClNO2S. The van der Waals surface area contributed by atoms with Crippen molar-refractivity contribution in [2.45, 2.75) is 61.7 Å². The Hall–Kier alpha value is -2.56. The van der Waals surface area contributed by atoms with Gasteiger partial charge >= 0.3 is 0 Å². The van der Waals surface area contributed by atoms with Crippen molar-refractivity contribution in [2.75, 3.05) is 13.1 Å². The van der Waals surface area contributed by atoms with Crippen LogP contribution >= 0.6 is 23.4 Å². The highest BCUT2D eigenvalue weighted by atomic mass is 35.5. The number of hydrogen-bond donors (Lipinski definition) is 0. The van der Waals surface area contributed by atoms with Crippen LogP contribution in [0.15, 0.2) is 88.7 Å². The number of Topliss-reactive ketones (excluding diaryl/α,β-unsaturated/α-hetero) is 1. The summed E-state index contributed by atoms with van der Waals surface area (Å²) in [6.45, 7) is 3.87. The number of benzene rings is 3. The Balaban J connectivity index is 1.03. The summed E-state index contributed by atoms with van der Waals surface area (Å²) in [6.07, 6.45) is 8.50. The average Bonchev–Trinajstić information content (AvgIpc) is 3.18. The molecule has 3 aromatic rings. The van der Waals surface area contributed by atoms with Crippen molar-refractivity contribution in [2.24, 2.45) is 23.7 Å². The number of halogens is 1. The first kappa shape index (κ1) is 28.0. The molecule has 2 fully saturated rings. The lowest BCUT2D eigenvalue weighted by Gasteiger charge is -2.40. The molecule has 3 nitrogen and oxygen atoms in total. The fourth-order valence-corrected chi connectivity index (χ4v) is 7.31. The van der Waals surface area contributed by atoms with Crippen LogP contribution in [0.4, 0.5) is 0 Å². The molecule has 1 saturated heterocycles. The van der Waals surface area contributed by atoms with Crippen molar-refractivity contribution in [1.29, 1.82) is 0 Å². The lowest BCUT2D eigenvalue weighted by atomic mass is 9.82. The van der Waals surface area contributed by atoms with Crippen LogP contribution in [0.25, 0.3) is 0 Å². The Morgan fingerprint density at radius 3 is 2.31 bits per heavy atom. The van der Waals surface area contributed by atoms with Crippen LogP contribution in [-0.4, -0.2) is 29.7 Å². The number of carbonyl (C=O) groups is 2. The molecule has 3 unspecified atom stereocenters. The third-order valence-corrected chi connectivity index (χ3v) is 9.91. The average molecular weight is 560 g/mol. The molecule has 0 bridgehead atoms. The molecule has 5 rings (SSSR count). The monoisotopic (exact) mass is 559 g/mol. The van der Waals surface area contributed by atoms with Crippen LogP contribution in [0.5, 0.6) is 0 Å². The third kappa shape index (κ3) is 7.35. The van der Waals surface area contributed by atoms with Gasteiger partial charge < -0.3 is 4.90 Å². The molecule has 1 aliphatic carbocycles. The van der Waals surface area contributed by atoms with Gasteiger partial charge in [0.2, 0.25) is 0 Å². The van der Waals surface area contributed by atoms with E-state index in [0.29, 0.717) is 17.6 Å². The summed E-state index contributed by atoms with van der Waals surface area (Å²) in [7, 11) is 0. The second-order valence-corrected chi connectivity index (χ2v) is 13.0. The molecule has 0 spiro atoms. The van der Waals surface area contributed by atoms with Crippen LogP contribution in [0.3, 0.4) is 0 Å². The quantitative estimate of drug-likeness (QED) is 0.194. The molecule has 1 amide bonds. The number of nitrogens with zero attached hydrogens (tertiary/aromatic N) is 1. The molecule has 1 saturated carbocycles. The number of ketones is 1. The van der Waals surface area contributed by atoms with Gasteiger partial charge in [-0.25, -0.2) is 0 Å². The SMILES string of the molecule is CC(C(=O)c1ccccc1)C1CCCC(CCC2CN(C(=O)c3ccc(Sc4cccc(Cl)c4)cc3)C2)CC1. The summed E-state index contributed by atoms with van der Waals surface area (Å²) in [5.74, 6) is 2.40. The Morgan fingerprint density at radius 2 is 1.56 bits per heavy atom. The van der Waals surface area contributed by atoms with Gasteiger partial charge in [0.25, 0.3) is 5.91 Å². The van der Waals surface area contributed by atoms with Gasteiger partial charge in [0.15, 0.2) is 5.78 Å². The number of hydrogen-bond acceptors (Lipinski definition) is 3. The van der Waals surface area contributed by atoms with Gasteiger partial charge in [-0.15, -0.1) is 0 Å². The van der Waals surface area contributed by atoms with Gasteiger partial charge in [-0.1, -0.05) is 92.4 Å². The molecule has 3 aromatic carbocycles. The van der Waals surface area contributed by atoms with Crippen molar-refractivity contribution in [3.63, 3.8) is 0 Å². The maximum Gasteiger partial charge on any atom is 0.253 e. The highest BCUT2D eigenvalue weighted by molar-refractivity contribution is 7.99. The van der Waals surface area contributed by atoms with Crippen molar-refractivity contribution in [1.82, 2.24) is 4.90 Å². The van der Waals surface area contributed by atoms with E-state index in [-0.39, 0.29) is 11.8 Å². The number of carbonyl (C=O) groups excluding carboxylic acids is 2. The molecule has 0 aromatic heterocycles. The third-order valence-electron chi connectivity index (χ3n) is 8.67. The number of amides is 1. The second kappa shape index (κ2) is 13.2. The fraction of sp³-hybridized carbons (Fsp3) is 0.412. The van der Waals surface area contributed by atoms with E-state index in [4.69, 9.17) is 11.6 Å². The summed E-state index contributed by atoms with van der Waals surface area (Å²) in [6, 6.07) is 25.5. The molecule has 3 atom stereocenters. The standard InChI is InChI=1S/C34H38ClNO2S/c1-24(33(37)28-8-3-2-4-9-28)27-10-5-7-25(15-16-27)13-14-26-22-36(23-26)34(38)29-17-19-31(20-18-29)39-32-12-6-11-30(35)21-32/h2-4,6,8-9,11-12,17-21,24-27H,5,7,10,13-16,22-23H2,1H3. The highest BCUT2D eigenvalue weighted by Crippen LogP contribution is 2.36. The minimum atomic E-state index is 0.0989. The van der Waals surface area contributed by atoms with E-state index < -0.39 is 0 Å². The Kier molecular flexibility index (Phi) is 9.47. The molecule has 0 radical (unpaired) electrons. The van der Waals surface area contributed by atoms with Gasteiger partial charge in [-0.3, -0.25) is 9.59 Å². The van der Waals surface area contributed by atoms with Crippen molar-refractivity contribution in [3.05, 3.63) is 95.0 Å². The van der Waals surface area contributed by atoms with Gasteiger partial charge in [0.1, 0.15) is 0 Å². The molecule has 204 valence electrons. The minimum Gasteiger partial charge on any atom is -0.338 e. The van der Waals surface area contributed by atoms with Crippen LogP contribution < -0.4 is 0 Å². The zero-order chi connectivity index (χ0) is 27.2. The van der Waals surface area contributed by atoms with Crippen molar-refractivity contribution < 1.29 is 9.59 Å². The smallest absolute Gasteiger partial charge is 0.253 e. The van der Waals surface area contributed by atoms with Crippen LogP contribution in [0.1, 0.15) is 72.6 Å². The summed E-state index contributed by atoms with van der Waals surface area (Å²) >= 11 is 7.74. The Bertz CT molecular complexity index is 1260. The molecule has 1 heterocycles. The fourth-order valence-electron chi connectivity index (χ4n) is 6.18. The highest BCUT2D eigenvalue weighted by Gasteiger charge is 2.32. The summed E-state index contributed by atoms with van der Waals surface area (Å²) in [5, 5.41) is 0.729. The van der Waals surface area contributed by atoms with E-state index in [2.05, 4.69) is 6.92 Å². The molecule has 0 N–H and O–H groups in total. The van der Waals surface area contributed by atoms with Gasteiger partial charge in [0.05, 0.1) is 0 Å². The van der Waals surface area contributed by atoms with Crippen LogP contribution in [0, 0.1) is 23.7 Å². The number of rotatable bonds is 9. The predicted octanol–water partition coefficient (Wildman–Crippen LogP) is 9.06. The topological polar surface area (TPSA) is 37.4 Å². The normalized spacial score (nSPS) is 20.6. The van der Waals surface area contributed by atoms with E-state index in [1.54, 1.807) is 11.8 Å². The largest absolute Gasteiger partial charge is 0.338 e. The zero-order valence-electron chi connectivity index (χ0n) is 22.7. The first-order chi connectivity index (χ1) is 19.0. The van der Waals surface area contributed by atoms with Crippen molar-refractivity contribution in [3.8, 4) is 0 Å². The van der Waals surface area contributed by atoms with Crippen LogP contribution in [0.2, 0.25) is 5.02 Å².